The molecule has 4 rings (SSSR count). The van der Waals surface area contributed by atoms with E-state index in [2.05, 4.69) is 52.4 Å². The minimum Gasteiger partial charge on any atom is -0.324 e. The highest BCUT2D eigenvalue weighted by atomic mass is 35.5. The number of rotatable bonds is 1. The van der Waals surface area contributed by atoms with Crippen LogP contribution in [-0.2, 0) is 0 Å². The molecule has 2 aliphatic rings. The molecule has 2 nitrogen and oxygen atoms in total. The molecule has 2 heterocycles. The van der Waals surface area contributed by atoms with Crippen molar-refractivity contribution in [3.8, 4) is 0 Å². The molecule has 2 aromatic rings. The third-order valence-electron chi connectivity index (χ3n) is 3.77. The van der Waals surface area contributed by atoms with E-state index in [1.807, 2.05) is 12.1 Å². The Bertz CT molecular complexity index is 729. The second-order valence-corrected chi connectivity index (χ2v) is 5.42. The van der Waals surface area contributed by atoms with Crippen molar-refractivity contribution in [1.82, 2.24) is 4.90 Å². The molecule has 2 aliphatic heterocycles. The molecular formula is C17H13ClN2. The van der Waals surface area contributed by atoms with Gasteiger partial charge in [0.1, 0.15) is 5.84 Å². The van der Waals surface area contributed by atoms with Crippen LogP contribution in [0.25, 0.3) is 11.8 Å². The molecule has 0 saturated heterocycles. The van der Waals surface area contributed by atoms with Crippen LogP contribution in [0, 0.1) is 0 Å². The summed E-state index contributed by atoms with van der Waals surface area (Å²) < 4.78 is 0. The zero-order chi connectivity index (χ0) is 13.5. The predicted octanol–water partition coefficient (Wildman–Crippen LogP) is 3.91. The summed E-state index contributed by atoms with van der Waals surface area (Å²) in [5.74, 6) is 1.09. The summed E-state index contributed by atoms with van der Waals surface area (Å²) >= 11 is 5.99. The Morgan fingerprint density at radius 3 is 2.65 bits per heavy atom. The van der Waals surface area contributed by atoms with Gasteiger partial charge in [0.05, 0.1) is 12.2 Å². The van der Waals surface area contributed by atoms with Crippen molar-refractivity contribution in [1.29, 1.82) is 0 Å². The summed E-state index contributed by atoms with van der Waals surface area (Å²) in [6, 6.07) is 16.4. The third kappa shape index (κ3) is 1.76. The molecule has 0 saturated carbocycles. The number of hydrogen-bond acceptors (Lipinski definition) is 2. The number of hydrogen-bond donors (Lipinski definition) is 0. The Labute approximate surface area is 123 Å². The van der Waals surface area contributed by atoms with Gasteiger partial charge in [-0.15, -0.1) is 0 Å². The zero-order valence-electron chi connectivity index (χ0n) is 10.9. The first kappa shape index (κ1) is 11.7. The largest absolute Gasteiger partial charge is 0.324 e. The Morgan fingerprint density at radius 2 is 1.80 bits per heavy atom. The number of halogens is 1. The predicted molar refractivity (Wildman–Crippen MR) is 83.9 cm³/mol. The van der Waals surface area contributed by atoms with Gasteiger partial charge in [-0.05, 0) is 29.3 Å². The maximum atomic E-state index is 5.99. The molecule has 0 radical (unpaired) electrons. The van der Waals surface area contributed by atoms with E-state index in [0.717, 1.165) is 23.9 Å². The first-order valence-corrected chi connectivity index (χ1v) is 7.10. The maximum absolute atomic E-state index is 5.99. The van der Waals surface area contributed by atoms with Crippen LogP contribution >= 0.6 is 11.6 Å². The second kappa shape index (κ2) is 4.50. The summed E-state index contributed by atoms with van der Waals surface area (Å²) in [6.45, 7) is 1.80. The number of nitrogens with zero attached hydrogens (tertiary/aromatic N) is 2. The fraction of sp³-hybridized carbons (Fsp3) is 0.118. The van der Waals surface area contributed by atoms with Crippen molar-refractivity contribution in [2.75, 3.05) is 13.1 Å². The van der Waals surface area contributed by atoms with E-state index in [1.165, 1.54) is 22.4 Å². The van der Waals surface area contributed by atoms with Crippen LogP contribution in [0.5, 0.6) is 0 Å². The van der Waals surface area contributed by atoms with Crippen LogP contribution in [0.1, 0.15) is 16.7 Å². The van der Waals surface area contributed by atoms with Gasteiger partial charge in [0, 0.05) is 17.1 Å². The van der Waals surface area contributed by atoms with Crippen LogP contribution in [0.2, 0.25) is 5.02 Å². The van der Waals surface area contributed by atoms with Gasteiger partial charge in [0.2, 0.25) is 0 Å². The summed E-state index contributed by atoms with van der Waals surface area (Å²) in [7, 11) is 0. The fourth-order valence-electron chi connectivity index (χ4n) is 2.82. The number of aliphatic imine (C=N–C) groups is 1. The monoisotopic (exact) mass is 280 g/mol. The van der Waals surface area contributed by atoms with Gasteiger partial charge < -0.3 is 4.90 Å². The van der Waals surface area contributed by atoms with Gasteiger partial charge in [-0.2, -0.15) is 0 Å². The molecular weight excluding hydrogens is 268 g/mol. The molecule has 0 aromatic heterocycles. The summed E-state index contributed by atoms with van der Waals surface area (Å²) in [5.41, 5.74) is 4.84. The van der Waals surface area contributed by atoms with Crippen LogP contribution in [0.4, 0.5) is 0 Å². The molecule has 0 amide bonds. The van der Waals surface area contributed by atoms with E-state index < -0.39 is 0 Å². The Balaban J connectivity index is 1.90. The minimum atomic E-state index is 0.765. The van der Waals surface area contributed by atoms with Crippen molar-refractivity contribution in [3.63, 3.8) is 0 Å². The van der Waals surface area contributed by atoms with Gasteiger partial charge in [0.15, 0.2) is 0 Å². The number of benzene rings is 2. The molecule has 20 heavy (non-hydrogen) atoms. The first-order chi connectivity index (χ1) is 9.83. The number of amidine groups is 1. The average Bonchev–Trinajstić information content (AvgIpc) is 2.97. The lowest BCUT2D eigenvalue weighted by Gasteiger charge is -2.29. The van der Waals surface area contributed by atoms with E-state index >= 15 is 0 Å². The second-order valence-electron chi connectivity index (χ2n) is 4.98. The summed E-state index contributed by atoms with van der Waals surface area (Å²) in [4.78, 5) is 6.97. The van der Waals surface area contributed by atoms with Gasteiger partial charge >= 0.3 is 0 Å². The van der Waals surface area contributed by atoms with E-state index in [-0.39, 0.29) is 0 Å². The molecule has 0 aliphatic carbocycles. The lowest BCUT2D eigenvalue weighted by atomic mass is 9.97. The first-order valence-electron chi connectivity index (χ1n) is 6.72. The number of fused-ring (bicyclic) bond motifs is 3. The highest BCUT2D eigenvalue weighted by Gasteiger charge is 2.28. The lowest BCUT2D eigenvalue weighted by Crippen LogP contribution is -2.30. The molecule has 0 atom stereocenters. The van der Waals surface area contributed by atoms with Crippen LogP contribution in [0.15, 0.2) is 53.5 Å². The Morgan fingerprint density at radius 1 is 1.00 bits per heavy atom. The zero-order valence-corrected chi connectivity index (χ0v) is 11.6. The molecule has 3 heteroatoms. The molecule has 0 spiro atoms. The van der Waals surface area contributed by atoms with E-state index in [9.17, 15) is 0 Å². The van der Waals surface area contributed by atoms with Crippen molar-refractivity contribution in [2.45, 2.75) is 0 Å². The molecule has 2 aromatic carbocycles. The van der Waals surface area contributed by atoms with Crippen LogP contribution in [0.3, 0.4) is 0 Å². The topological polar surface area (TPSA) is 15.6 Å². The van der Waals surface area contributed by atoms with Crippen molar-refractivity contribution < 1.29 is 0 Å². The van der Waals surface area contributed by atoms with Crippen LogP contribution < -0.4 is 0 Å². The van der Waals surface area contributed by atoms with Crippen LogP contribution in [-0.4, -0.2) is 23.8 Å². The highest BCUT2D eigenvalue weighted by molar-refractivity contribution is 6.30. The molecule has 0 unspecified atom stereocenters. The highest BCUT2D eigenvalue weighted by Crippen LogP contribution is 2.33. The average molecular weight is 281 g/mol. The smallest absolute Gasteiger partial charge is 0.136 e. The lowest BCUT2D eigenvalue weighted by molar-refractivity contribution is 0.638. The molecule has 0 fully saturated rings. The fourth-order valence-corrected chi connectivity index (χ4v) is 2.95. The minimum absolute atomic E-state index is 0.765. The normalized spacial score (nSPS) is 16.4. The Hall–Kier alpha value is -2.06. The Kier molecular flexibility index (Phi) is 2.64. The summed E-state index contributed by atoms with van der Waals surface area (Å²) in [5, 5.41) is 0.765. The van der Waals surface area contributed by atoms with Gasteiger partial charge in [-0.1, -0.05) is 48.0 Å². The van der Waals surface area contributed by atoms with Crippen molar-refractivity contribution >= 4 is 29.2 Å². The molecule has 98 valence electrons. The van der Waals surface area contributed by atoms with E-state index in [4.69, 9.17) is 11.6 Å². The van der Waals surface area contributed by atoms with E-state index in [0.29, 0.717) is 0 Å². The summed E-state index contributed by atoms with van der Waals surface area (Å²) in [6.07, 6.45) is 2.24. The van der Waals surface area contributed by atoms with Crippen molar-refractivity contribution in [2.24, 2.45) is 4.99 Å². The van der Waals surface area contributed by atoms with Gasteiger partial charge in [0.25, 0.3) is 0 Å². The molecule has 0 bridgehead atoms. The molecule has 0 N–H and O–H groups in total. The standard InChI is InChI=1S/C17H13ClN2/c18-14-7-5-12(6-8-14)16-11-13-3-1-2-4-15(13)17-19-9-10-20(16)17/h1-8,11H,9-10H2. The third-order valence-corrected chi connectivity index (χ3v) is 4.02. The maximum Gasteiger partial charge on any atom is 0.136 e. The van der Waals surface area contributed by atoms with Gasteiger partial charge in [-0.25, -0.2) is 0 Å². The quantitative estimate of drug-likeness (QED) is 0.773. The van der Waals surface area contributed by atoms with E-state index in [1.54, 1.807) is 0 Å². The van der Waals surface area contributed by atoms with Crippen molar-refractivity contribution in [3.05, 3.63) is 70.2 Å². The van der Waals surface area contributed by atoms with Gasteiger partial charge in [-0.3, -0.25) is 4.99 Å². The SMILES string of the molecule is Clc1ccc(C2=Cc3ccccc3C3=NCCN23)cc1.